The molecule has 1 aliphatic heterocycles. The SMILES string of the molecule is COc1ccc(N2CCN(C(=O)CN(c3ccccc3C(C)C)S(C)(=O)=O)CC2)cc1. The first-order valence-corrected chi connectivity index (χ1v) is 12.3. The predicted molar refractivity (Wildman–Crippen MR) is 125 cm³/mol. The number of ether oxygens (including phenoxy) is 1. The van der Waals surface area contributed by atoms with E-state index in [2.05, 4.69) is 4.90 Å². The minimum absolute atomic E-state index is 0.142. The van der Waals surface area contributed by atoms with Crippen molar-refractivity contribution in [2.45, 2.75) is 19.8 Å². The lowest BCUT2D eigenvalue weighted by Crippen LogP contribution is -2.52. The lowest BCUT2D eigenvalue weighted by molar-refractivity contribution is -0.129. The fourth-order valence-electron chi connectivity index (χ4n) is 3.81. The fourth-order valence-corrected chi connectivity index (χ4v) is 4.68. The van der Waals surface area contributed by atoms with Crippen LogP contribution in [0.5, 0.6) is 5.75 Å². The Morgan fingerprint density at radius 3 is 2.19 bits per heavy atom. The Kier molecular flexibility index (Phi) is 7.10. The van der Waals surface area contributed by atoms with Crippen LogP contribution in [0.4, 0.5) is 11.4 Å². The highest BCUT2D eigenvalue weighted by atomic mass is 32.2. The minimum atomic E-state index is -3.60. The maximum absolute atomic E-state index is 13.0. The number of methoxy groups -OCH3 is 1. The molecule has 0 aromatic heterocycles. The molecule has 8 heteroatoms. The molecule has 1 heterocycles. The van der Waals surface area contributed by atoms with Crippen molar-refractivity contribution < 1.29 is 17.9 Å². The fraction of sp³-hybridized carbons (Fsp3) is 0.435. The summed E-state index contributed by atoms with van der Waals surface area (Å²) in [6, 6.07) is 15.2. The van der Waals surface area contributed by atoms with Crippen molar-refractivity contribution in [1.82, 2.24) is 4.90 Å². The Bertz CT molecular complexity index is 998. The number of piperazine rings is 1. The molecule has 1 aliphatic rings. The van der Waals surface area contributed by atoms with Gasteiger partial charge in [-0.3, -0.25) is 9.10 Å². The van der Waals surface area contributed by atoms with E-state index in [9.17, 15) is 13.2 Å². The molecule has 7 nitrogen and oxygen atoms in total. The molecule has 2 aromatic rings. The Morgan fingerprint density at radius 1 is 1.03 bits per heavy atom. The minimum Gasteiger partial charge on any atom is -0.497 e. The van der Waals surface area contributed by atoms with Crippen LogP contribution in [0.25, 0.3) is 0 Å². The molecule has 31 heavy (non-hydrogen) atoms. The molecule has 0 atom stereocenters. The average Bonchev–Trinajstić information content (AvgIpc) is 2.76. The van der Waals surface area contributed by atoms with E-state index in [-0.39, 0.29) is 18.4 Å². The second kappa shape index (κ2) is 9.60. The zero-order valence-electron chi connectivity index (χ0n) is 18.6. The van der Waals surface area contributed by atoms with E-state index in [0.29, 0.717) is 31.9 Å². The Labute approximate surface area is 185 Å². The van der Waals surface area contributed by atoms with E-state index >= 15 is 0 Å². The molecule has 168 valence electrons. The molecule has 2 aromatic carbocycles. The molecule has 0 unspecified atom stereocenters. The summed E-state index contributed by atoms with van der Waals surface area (Å²) in [7, 11) is -1.97. The van der Waals surface area contributed by atoms with E-state index < -0.39 is 10.0 Å². The summed E-state index contributed by atoms with van der Waals surface area (Å²) in [5.41, 5.74) is 2.56. The molecule has 0 N–H and O–H groups in total. The number of carbonyl (C=O) groups is 1. The van der Waals surface area contributed by atoms with Crippen LogP contribution in [0, 0.1) is 0 Å². The third kappa shape index (κ3) is 5.50. The maximum Gasteiger partial charge on any atom is 0.243 e. The molecule has 0 bridgehead atoms. The van der Waals surface area contributed by atoms with Crippen molar-refractivity contribution in [3.63, 3.8) is 0 Å². The zero-order valence-corrected chi connectivity index (χ0v) is 19.4. The Hall–Kier alpha value is -2.74. The standard InChI is InChI=1S/C23H31N3O4S/c1-18(2)21-7-5-6-8-22(21)26(31(4,28)29)17-23(27)25-15-13-24(14-16-25)19-9-11-20(30-3)12-10-19/h5-12,18H,13-17H2,1-4H3. The van der Waals surface area contributed by atoms with Gasteiger partial charge in [0.2, 0.25) is 15.9 Å². The molecule has 1 saturated heterocycles. The van der Waals surface area contributed by atoms with Gasteiger partial charge in [-0.2, -0.15) is 0 Å². The van der Waals surface area contributed by atoms with Crippen molar-refractivity contribution in [2.24, 2.45) is 0 Å². The van der Waals surface area contributed by atoms with Crippen LogP contribution in [0.1, 0.15) is 25.3 Å². The monoisotopic (exact) mass is 445 g/mol. The number of carbonyl (C=O) groups excluding carboxylic acids is 1. The third-order valence-electron chi connectivity index (χ3n) is 5.58. The van der Waals surface area contributed by atoms with E-state index in [4.69, 9.17) is 4.74 Å². The number of nitrogens with zero attached hydrogens (tertiary/aromatic N) is 3. The van der Waals surface area contributed by atoms with Gasteiger partial charge in [0.05, 0.1) is 19.1 Å². The average molecular weight is 446 g/mol. The Balaban J connectivity index is 1.69. The van der Waals surface area contributed by atoms with Crippen molar-refractivity contribution in [3.05, 3.63) is 54.1 Å². The molecular weight excluding hydrogens is 414 g/mol. The Morgan fingerprint density at radius 2 is 1.65 bits per heavy atom. The molecule has 0 radical (unpaired) electrons. The van der Waals surface area contributed by atoms with E-state index in [0.717, 1.165) is 23.3 Å². The number of anilines is 2. The maximum atomic E-state index is 13.0. The quantitative estimate of drug-likeness (QED) is 0.655. The molecule has 3 rings (SSSR count). The van der Waals surface area contributed by atoms with Crippen LogP contribution in [0.2, 0.25) is 0 Å². The van der Waals surface area contributed by atoms with Gasteiger partial charge in [0.1, 0.15) is 12.3 Å². The topological polar surface area (TPSA) is 70.2 Å². The second-order valence-electron chi connectivity index (χ2n) is 8.05. The first kappa shape index (κ1) is 22.9. The van der Waals surface area contributed by atoms with Gasteiger partial charge >= 0.3 is 0 Å². The predicted octanol–water partition coefficient (Wildman–Crippen LogP) is 2.93. The zero-order chi connectivity index (χ0) is 22.6. The number of hydrogen-bond donors (Lipinski definition) is 0. The van der Waals surface area contributed by atoms with Crippen LogP contribution < -0.4 is 13.9 Å². The van der Waals surface area contributed by atoms with Gasteiger partial charge in [-0.25, -0.2) is 8.42 Å². The number of rotatable bonds is 7. The highest BCUT2D eigenvalue weighted by molar-refractivity contribution is 7.92. The lowest BCUT2D eigenvalue weighted by Gasteiger charge is -2.37. The van der Waals surface area contributed by atoms with Gasteiger partial charge in [-0.15, -0.1) is 0 Å². The van der Waals surface area contributed by atoms with Gasteiger partial charge in [0.15, 0.2) is 0 Å². The molecule has 0 aliphatic carbocycles. The van der Waals surface area contributed by atoms with Crippen molar-refractivity contribution >= 4 is 27.3 Å². The molecule has 1 amide bonds. The molecule has 0 saturated carbocycles. The summed E-state index contributed by atoms with van der Waals surface area (Å²) in [4.78, 5) is 17.0. The number of amides is 1. The summed E-state index contributed by atoms with van der Waals surface area (Å²) in [6.07, 6.45) is 1.15. The van der Waals surface area contributed by atoms with Gasteiger partial charge in [-0.1, -0.05) is 32.0 Å². The summed E-state index contributed by atoms with van der Waals surface area (Å²) in [5, 5.41) is 0. The van der Waals surface area contributed by atoms with Crippen molar-refractivity contribution in [2.75, 3.05) is 55.3 Å². The number of hydrogen-bond acceptors (Lipinski definition) is 5. The summed E-state index contributed by atoms with van der Waals surface area (Å²) in [6.45, 7) is 6.33. The normalized spacial score (nSPS) is 14.6. The largest absolute Gasteiger partial charge is 0.497 e. The highest BCUT2D eigenvalue weighted by Gasteiger charge is 2.28. The molecular formula is C23H31N3O4S. The third-order valence-corrected chi connectivity index (χ3v) is 6.70. The van der Waals surface area contributed by atoms with Crippen molar-refractivity contribution in [1.29, 1.82) is 0 Å². The summed E-state index contributed by atoms with van der Waals surface area (Å²) in [5.74, 6) is 0.766. The molecule has 1 fully saturated rings. The van der Waals surface area contributed by atoms with Crippen molar-refractivity contribution in [3.8, 4) is 5.75 Å². The summed E-state index contributed by atoms with van der Waals surface area (Å²) < 4.78 is 31.5. The van der Waals surface area contributed by atoms with Gasteiger partial charge in [0, 0.05) is 31.9 Å². The number of sulfonamides is 1. The number of benzene rings is 2. The lowest BCUT2D eigenvalue weighted by atomic mass is 10.0. The van der Waals surface area contributed by atoms with Gasteiger partial charge < -0.3 is 14.5 Å². The van der Waals surface area contributed by atoms with Crippen LogP contribution in [0.15, 0.2) is 48.5 Å². The molecule has 0 spiro atoms. The van der Waals surface area contributed by atoms with Crippen LogP contribution >= 0.6 is 0 Å². The van der Waals surface area contributed by atoms with Crippen LogP contribution in [-0.2, 0) is 14.8 Å². The second-order valence-corrected chi connectivity index (χ2v) is 9.96. The van der Waals surface area contributed by atoms with Crippen LogP contribution in [-0.4, -0.2) is 65.3 Å². The van der Waals surface area contributed by atoms with E-state index in [1.54, 1.807) is 24.1 Å². The van der Waals surface area contributed by atoms with E-state index in [1.165, 1.54) is 4.31 Å². The van der Waals surface area contributed by atoms with Gasteiger partial charge in [0.25, 0.3) is 0 Å². The van der Waals surface area contributed by atoms with Crippen LogP contribution in [0.3, 0.4) is 0 Å². The number of para-hydroxylation sites is 1. The van der Waals surface area contributed by atoms with Gasteiger partial charge in [-0.05, 0) is 41.8 Å². The first-order chi connectivity index (χ1) is 14.7. The highest BCUT2D eigenvalue weighted by Crippen LogP contribution is 2.29. The van der Waals surface area contributed by atoms with E-state index in [1.807, 2.05) is 50.2 Å². The smallest absolute Gasteiger partial charge is 0.243 e. The first-order valence-electron chi connectivity index (χ1n) is 10.4. The summed E-state index contributed by atoms with van der Waals surface area (Å²) >= 11 is 0.